The number of nitrogens with one attached hydrogen (secondary N) is 1. The molecule has 0 amide bonds. The van der Waals surface area contributed by atoms with Crippen molar-refractivity contribution in [2.75, 3.05) is 5.32 Å². The maximum absolute atomic E-state index is 6.37. The van der Waals surface area contributed by atoms with Crippen LogP contribution in [0.5, 0.6) is 6.01 Å². The van der Waals surface area contributed by atoms with Crippen molar-refractivity contribution in [3.8, 4) is 12.0 Å². The monoisotopic (exact) mass is 460 g/mol. The first-order valence-corrected chi connectivity index (χ1v) is 10.7. The summed E-state index contributed by atoms with van der Waals surface area (Å²) in [5.41, 5.74) is 4.53. The number of benzene rings is 2. The molecule has 9 nitrogen and oxygen atoms in total. The summed E-state index contributed by atoms with van der Waals surface area (Å²) in [5, 5.41) is 15.6. The first kappa shape index (κ1) is 20.9. The number of imidazole rings is 1. The summed E-state index contributed by atoms with van der Waals surface area (Å²) in [5.74, 6) is 1.24. The Labute approximate surface area is 195 Å². The molecule has 0 aliphatic heterocycles. The Morgan fingerprint density at radius 1 is 1.03 bits per heavy atom. The van der Waals surface area contributed by atoms with E-state index in [0.29, 0.717) is 29.0 Å². The smallest absolute Gasteiger partial charge is 0.305 e. The highest BCUT2D eigenvalue weighted by Gasteiger charge is 2.19. The molecule has 0 radical (unpaired) electrons. The van der Waals surface area contributed by atoms with Crippen LogP contribution < -0.4 is 10.1 Å². The van der Waals surface area contributed by atoms with E-state index in [-0.39, 0.29) is 6.61 Å². The minimum atomic E-state index is 0.214. The Morgan fingerprint density at radius 2 is 1.88 bits per heavy atom. The summed E-state index contributed by atoms with van der Waals surface area (Å²) in [4.78, 5) is 9.25. The number of para-hydroxylation sites is 1. The number of hydrogen-bond donors (Lipinski definition) is 1. The standard InChI is InChI=1S/C23H21ClN8O/c1-15-6-3-7-16(12-15)13-25-20-11-4-8-17(26-20)14-33-23-27-21-18(24)9-5-10-19(21)32(23)22-28-29-30-31(22)2/h3-12H,13-14H2,1-2H3,(H,25,26). The van der Waals surface area contributed by atoms with Gasteiger partial charge in [0, 0.05) is 13.6 Å². The van der Waals surface area contributed by atoms with E-state index >= 15 is 0 Å². The summed E-state index contributed by atoms with van der Waals surface area (Å²) in [6.45, 7) is 2.98. The lowest BCUT2D eigenvalue weighted by molar-refractivity contribution is 0.272. The number of ether oxygens (including phenoxy) is 1. The predicted molar refractivity (Wildman–Crippen MR) is 126 cm³/mol. The van der Waals surface area contributed by atoms with Crippen LogP contribution in [0.25, 0.3) is 17.0 Å². The van der Waals surface area contributed by atoms with Crippen LogP contribution in [0.15, 0.2) is 60.7 Å². The van der Waals surface area contributed by atoms with Gasteiger partial charge in [0.05, 0.1) is 16.2 Å². The normalized spacial score (nSPS) is 11.1. The predicted octanol–water partition coefficient (Wildman–Crippen LogP) is 4.10. The van der Waals surface area contributed by atoms with E-state index in [1.54, 1.807) is 22.4 Å². The average molecular weight is 461 g/mol. The fourth-order valence-electron chi connectivity index (χ4n) is 3.56. The van der Waals surface area contributed by atoms with Crippen LogP contribution in [0.4, 0.5) is 5.82 Å². The number of fused-ring (bicyclic) bond motifs is 1. The van der Waals surface area contributed by atoms with Crippen LogP contribution in [0.2, 0.25) is 5.02 Å². The third-order valence-corrected chi connectivity index (χ3v) is 5.42. The Balaban J connectivity index is 1.38. The van der Waals surface area contributed by atoms with Crippen molar-refractivity contribution in [1.82, 2.24) is 34.7 Å². The number of nitrogens with zero attached hydrogens (tertiary/aromatic N) is 7. The van der Waals surface area contributed by atoms with Crippen molar-refractivity contribution in [2.45, 2.75) is 20.1 Å². The summed E-state index contributed by atoms with van der Waals surface area (Å²) in [6.07, 6.45) is 0. The number of tetrazole rings is 1. The summed E-state index contributed by atoms with van der Waals surface area (Å²) in [6, 6.07) is 20.0. The molecule has 0 aliphatic rings. The second-order valence-electron chi connectivity index (χ2n) is 7.59. The molecule has 3 aromatic heterocycles. The molecular weight excluding hydrogens is 440 g/mol. The topological polar surface area (TPSA) is 95.6 Å². The molecule has 0 aliphatic carbocycles. The number of pyridine rings is 1. The molecule has 0 fully saturated rings. The van der Waals surface area contributed by atoms with Gasteiger partial charge in [-0.15, -0.1) is 0 Å². The Hall–Kier alpha value is -3.98. The molecule has 1 N–H and O–H groups in total. The Bertz CT molecular complexity index is 1430. The highest BCUT2D eigenvalue weighted by atomic mass is 35.5. The van der Waals surface area contributed by atoms with E-state index in [1.165, 1.54) is 11.1 Å². The zero-order chi connectivity index (χ0) is 22.8. The summed E-state index contributed by atoms with van der Waals surface area (Å²) < 4.78 is 9.35. The van der Waals surface area contributed by atoms with Crippen LogP contribution in [-0.2, 0) is 20.2 Å². The van der Waals surface area contributed by atoms with Gasteiger partial charge in [0.1, 0.15) is 17.9 Å². The van der Waals surface area contributed by atoms with Crippen molar-refractivity contribution in [3.63, 3.8) is 0 Å². The largest absolute Gasteiger partial charge is 0.458 e. The van der Waals surface area contributed by atoms with Crippen LogP contribution in [0.1, 0.15) is 16.8 Å². The molecular formula is C23H21ClN8O. The van der Waals surface area contributed by atoms with Gasteiger partial charge in [-0.2, -0.15) is 4.98 Å². The van der Waals surface area contributed by atoms with Crippen molar-refractivity contribution in [3.05, 3.63) is 82.5 Å². The lowest BCUT2D eigenvalue weighted by Crippen LogP contribution is -2.09. The van der Waals surface area contributed by atoms with E-state index in [9.17, 15) is 0 Å². The molecule has 0 atom stereocenters. The third-order valence-electron chi connectivity index (χ3n) is 5.11. The molecule has 3 heterocycles. The van der Waals surface area contributed by atoms with Gasteiger partial charge in [0.25, 0.3) is 5.95 Å². The van der Waals surface area contributed by atoms with Gasteiger partial charge in [-0.25, -0.2) is 14.2 Å². The Kier molecular flexibility index (Phi) is 5.62. The molecule has 33 heavy (non-hydrogen) atoms. The van der Waals surface area contributed by atoms with Crippen molar-refractivity contribution in [2.24, 2.45) is 7.05 Å². The van der Waals surface area contributed by atoms with Crippen molar-refractivity contribution < 1.29 is 4.74 Å². The van der Waals surface area contributed by atoms with E-state index in [4.69, 9.17) is 16.3 Å². The molecule has 0 spiro atoms. The molecule has 0 unspecified atom stereocenters. The van der Waals surface area contributed by atoms with E-state index < -0.39 is 0 Å². The summed E-state index contributed by atoms with van der Waals surface area (Å²) >= 11 is 6.37. The number of aromatic nitrogens is 7. The van der Waals surface area contributed by atoms with Crippen LogP contribution in [0, 0.1) is 6.92 Å². The van der Waals surface area contributed by atoms with Crippen LogP contribution in [-0.4, -0.2) is 34.7 Å². The lowest BCUT2D eigenvalue weighted by Gasteiger charge is -2.10. The number of anilines is 1. The highest BCUT2D eigenvalue weighted by Crippen LogP contribution is 2.29. The van der Waals surface area contributed by atoms with Gasteiger partial charge >= 0.3 is 6.01 Å². The maximum atomic E-state index is 6.37. The third kappa shape index (κ3) is 4.35. The van der Waals surface area contributed by atoms with E-state index in [0.717, 1.165) is 17.0 Å². The van der Waals surface area contributed by atoms with Crippen LogP contribution in [0.3, 0.4) is 0 Å². The van der Waals surface area contributed by atoms with Crippen LogP contribution >= 0.6 is 11.6 Å². The quantitative estimate of drug-likeness (QED) is 0.390. The number of rotatable bonds is 7. The van der Waals surface area contributed by atoms with E-state index in [1.807, 2.05) is 30.3 Å². The lowest BCUT2D eigenvalue weighted by atomic mass is 10.1. The van der Waals surface area contributed by atoms with Crippen molar-refractivity contribution in [1.29, 1.82) is 0 Å². The second kappa shape index (κ2) is 8.87. The zero-order valence-electron chi connectivity index (χ0n) is 18.1. The average Bonchev–Trinajstić information content (AvgIpc) is 3.40. The van der Waals surface area contributed by atoms with E-state index in [2.05, 4.69) is 62.0 Å². The first-order chi connectivity index (χ1) is 16.1. The second-order valence-corrected chi connectivity index (χ2v) is 7.99. The minimum Gasteiger partial charge on any atom is -0.458 e. The molecule has 5 rings (SSSR count). The maximum Gasteiger partial charge on any atom is 0.305 e. The SMILES string of the molecule is Cc1cccc(CNc2cccc(COc3nc4c(Cl)cccc4n3-c3nnnn3C)n2)c1. The fraction of sp³-hybridized carbons (Fsp3) is 0.174. The number of halogens is 1. The molecule has 0 saturated carbocycles. The molecule has 0 bridgehead atoms. The first-order valence-electron chi connectivity index (χ1n) is 10.4. The van der Waals surface area contributed by atoms with Gasteiger partial charge in [-0.05, 0) is 47.2 Å². The van der Waals surface area contributed by atoms with Gasteiger partial charge in [0.15, 0.2) is 0 Å². The Morgan fingerprint density at radius 3 is 2.70 bits per heavy atom. The van der Waals surface area contributed by atoms with Gasteiger partial charge in [0.2, 0.25) is 0 Å². The van der Waals surface area contributed by atoms with Crippen molar-refractivity contribution >= 4 is 28.5 Å². The van der Waals surface area contributed by atoms with Gasteiger partial charge < -0.3 is 10.1 Å². The molecule has 166 valence electrons. The fourth-order valence-corrected chi connectivity index (χ4v) is 3.77. The molecule has 2 aromatic carbocycles. The zero-order valence-corrected chi connectivity index (χ0v) is 18.9. The molecule has 10 heteroatoms. The minimum absolute atomic E-state index is 0.214. The number of hydrogen-bond acceptors (Lipinski definition) is 7. The van der Waals surface area contributed by atoms with Gasteiger partial charge in [-0.3, -0.25) is 0 Å². The molecule has 5 aromatic rings. The van der Waals surface area contributed by atoms with Gasteiger partial charge in [-0.1, -0.05) is 58.7 Å². The highest BCUT2D eigenvalue weighted by molar-refractivity contribution is 6.35. The number of aryl methyl sites for hydroxylation is 2. The summed E-state index contributed by atoms with van der Waals surface area (Å²) in [7, 11) is 1.75. The molecule has 0 saturated heterocycles.